The molecule has 0 spiro atoms. The highest BCUT2D eigenvalue weighted by molar-refractivity contribution is 7.99. The van der Waals surface area contributed by atoms with Gasteiger partial charge in [0.2, 0.25) is 5.91 Å². The van der Waals surface area contributed by atoms with Gasteiger partial charge >= 0.3 is 5.97 Å². The largest absolute Gasteiger partial charge is 0.462 e. The lowest BCUT2D eigenvalue weighted by Gasteiger charge is -2.18. The number of carbonyl (C=O) groups is 2. The minimum Gasteiger partial charge on any atom is -0.462 e. The number of fused-ring (bicyclic) bond motifs is 1. The molecule has 10 heteroatoms. The lowest BCUT2D eigenvalue weighted by atomic mass is 9.88. The summed E-state index contributed by atoms with van der Waals surface area (Å²) in [6.45, 7) is 4.29. The first-order valence-corrected chi connectivity index (χ1v) is 12.0. The van der Waals surface area contributed by atoms with E-state index in [1.807, 2.05) is 13.1 Å². The fourth-order valence-corrected chi connectivity index (χ4v) is 5.74. The predicted molar refractivity (Wildman–Crippen MR) is 120 cm³/mol. The first kappa shape index (κ1) is 21.6. The Morgan fingerprint density at radius 3 is 3.00 bits per heavy atom. The molecule has 1 aliphatic rings. The number of aromatic nitrogens is 3. The van der Waals surface area contributed by atoms with E-state index in [0.29, 0.717) is 39.8 Å². The van der Waals surface area contributed by atoms with E-state index in [0.717, 1.165) is 24.8 Å². The minimum absolute atomic E-state index is 0.144. The number of esters is 1. The van der Waals surface area contributed by atoms with E-state index in [1.165, 1.54) is 28.0 Å². The molecular weight excluding hydrogens is 436 g/mol. The second-order valence-electron chi connectivity index (χ2n) is 7.46. The SMILES string of the molecule is CCOC(=O)c1c(NC(=O)CSc2nnc(-c3ccco3)n2C)sc2c1CCC(C)C2. The van der Waals surface area contributed by atoms with Crippen LogP contribution in [0.3, 0.4) is 0 Å². The van der Waals surface area contributed by atoms with Crippen molar-refractivity contribution in [3.8, 4) is 11.6 Å². The number of ether oxygens (including phenoxy) is 1. The molecule has 1 aliphatic carbocycles. The number of nitrogens with one attached hydrogen (secondary N) is 1. The third-order valence-electron chi connectivity index (χ3n) is 5.15. The summed E-state index contributed by atoms with van der Waals surface area (Å²) < 4.78 is 12.4. The van der Waals surface area contributed by atoms with E-state index >= 15 is 0 Å². The van der Waals surface area contributed by atoms with Crippen molar-refractivity contribution in [2.24, 2.45) is 13.0 Å². The van der Waals surface area contributed by atoms with Crippen molar-refractivity contribution in [3.63, 3.8) is 0 Å². The Morgan fingerprint density at radius 2 is 2.26 bits per heavy atom. The van der Waals surface area contributed by atoms with Crippen LogP contribution in [0.1, 0.15) is 41.1 Å². The molecule has 0 saturated heterocycles. The van der Waals surface area contributed by atoms with Crippen molar-refractivity contribution < 1.29 is 18.7 Å². The number of nitrogens with zero attached hydrogens (tertiary/aromatic N) is 3. The molecule has 1 amide bonds. The smallest absolute Gasteiger partial charge is 0.341 e. The lowest BCUT2D eigenvalue weighted by molar-refractivity contribution is -0.113. The lowest BCUT2D eigenvalue weighted by Crippen LogP contribution is -2.18. The van der Waals surface area contributed by atoms with Gasteiger partial charge in [-0.2, -0.15) is 0 Å². The predicted octanol–water partition coefficient (Wildman–Crippen LogP) is 4.17. The summed E-state index contributed by atoms with van der Waals surface area (Å²) in [4.78, 5) is 26.5. The standard InChI is InChI=1S/C21H24N4O4S2/c1-4-28-20(27)17-13-8-7-12(2)10-15(13)31-19(17)22-16(26)11-30-21-24-23-18(25(21)3)14-6-5-9-29-14/h5-6,9,12H,4,7-8,10-11H2,1-3H3,(H,22,26). The monoisotopic (exact) mass is 460 g/mol. The molecular formula is C21H24N4O4S2. The van der Waals surface area contributed by atoms with Gasteiger partial charge in [0.1, 0.15) is 5.00 Å². The van der Waals surface area contributed by atoms with E-state index in [2.05, 4.69) is 22.4 Å². The second-order valence-corrected chi connectivity index (χ2v) is 9.50. The van der Waals surface area contributed by atoms with Crippen molar-refractivity contribution in [1.82, 2.24) is 14.8 Å². The summed E-state index contributed by atoms with van der Waals surface area (Å²) in [5.41, 5.74) is 1.55. The van der Waals surface area contributed by atoms with Gasteiger partial charge < -0.3 is 19.0 Å². The molecule has 164 valence electrons. The zero-order chi connectivity index (χ0) is 22.0. The summed E-state index contributed by atoms with van der Waals surface area (Å²) >= 11 is 2.76. The number of hydrogen-bond acceptors (Lipinski definition) is 8. The van der Waals surface area contributed by atoms with Crippen LogP contribution in [0.5, 0.6) is 0 Å². The van der Waals surface area contributed by atoms with Gasteiger partial charge in [-0.25, -0.2) is 4.79 Å². The van der Waals surface area contributed by atoms with Gasteiger partial charge in [-0.3, -0.25) is 4.79 Å². The van der Waals surface area contributed by atoms with Gasteiger partial charge in [0.15, 0.2) is 16.7 Å². The molecule has 1 unspecified atom stereocenters. The van der Waals surface area contributed by atoms with Gasteiger partial charge in [0.25, 0.3) is 0 Å². The Bertz CT molecular complexity index is 1090. The quantitative estimate of drug-likeness (QED) is 0.417. The van der Waals surface area contributed by atoms with Crippen LogP contribution in [-0.4, -0.2) is 39.0 Å². The first-order chi connectivity index (χ1) is 15.0. The maximum atomic E-state index is 12.7. The molecule has 1 N–H and O–H groups in total. The van der Waals surface area contributed by atoms with E-state index in [-0.39, 0.29) is 17.6 Å². The van der Waals surface area contributed by atoms with Gasteiger partial charge in [0, 0.05) is 11.9 Å². The van der Waals surface area contributed by atoms with Crippen LogP contribution in [0.2, 0.25) is 0 Å². The molecule has 3 aromatic rings. The second kappa shape index (κ2) is 9.27. The molecule has 0 saturated carbocycles. The van der Waals surface area contributed by atoms with Crippen molar-refractivity contribution in [3.05, 3.63) is 34.4 Å². The Kier molecular flexibility index (Phi) is 6.47. The summed E-state index contributed by atoms with van der Waals surface area (Å²) in [6.07, 6.45) is 4.36. The topological polar surface area (TPSA) is 99.2 Å². The van der Waals surface area contributed by atoms with Crippen molar-refractivity contribution in [2.45, 2.75) is 38.3 Å². The number of rotatable bonds is 7. The molecule has 3 heterocycles. The summed E-state index contributed by atoms with van der Waals surface area (Å²) in [5, 5.41) is 12.4. The Hall–Kier alpha value is -2.59. The Balaban J connectivity index is 1.47. The number of furan rings is 1. The average Bonchev–Trinajstić information content (AvgIpc) is 3.45. The number of carbonyl (C=O) groups excluding carboxylic acids is 2. The van der Waals surface area contributed by atoms with Crippen molar-refractivity contribution in [2.75, 3.05) is 17.7 Å². The molecule has 1 atom stereocenters. The highest BCUT2D eigenvalue weighted by Crippen LogP contribution is 2.40. The summed E-state index contributed by atoms with van der Waals surface area (Å²) in [6, 6.07) is 3.59. The highest BCUT2D eigenvalue weighted by atomic mass is 32.2. The maximum Gasteiger partial charge on any atom is 0.341 e. The molecule has 0 aromatic carbocycles. The fraction of sp³-hybridized carbons (Fsp3) is 0.429. The van der Waals surface area contributed by atoms with Crippen LogP contribution in [0.4, 0.5) is 5.00 Å². The summed E-state index contributed by atoms with van der Waals surface area (Å²) in [7, 11) is 1.82. The minimum atomic E-state index is -0.367. The number of hydrogen-bond donors (Lipinski definition) is 1. The number of amides is 1. The molecule has 0 aliphatic heterocycles. The van der Waals surface area contributed by atoms with Crippen LogP contribution >= 0.6 is 23.1 Å². The van der Waals surface area contributed by atoms with Crippen LogP contribution in [-0.2, 0) is 29.4 Å². The maximum absolute atomic E-state index is 12.7. The Labute approximate surface area is 188 Å². The van der Waals surface area contributed by atoms with Crippen LogP contribution in [0, 0.1) is 5.92 Å². The molecule has 4 rings (SSSR count). The zero-order valence-electron chi connectivity index (χ0n) is 17.6. The molecule has 0 radical (unpaired) electrons. The van der Waals surface area contributed by atoms with Crippen LogP contribution in [0.25, 0.3) is 11.6 Å². The van der Waals surface area contributed by atoms with E-state index < -0.39 is 0 Å². The van der Waals surface area contributed by atoms with Crippen LogP contribution in [0.15, 0.2) is 28.0 Å². The first-order valence-electron chi connectivity index (χ1n) is 10.2. The molecule has 0 bridgehead atoms. The van der Waals surface area contributed by atoms with E-state index in [9.17, 15) is 9.59 Å². The third kappa shape index (κ3) is 4.54. The average molecular weight is 461 g/mol. The normalized spacial score (nSPS) is 15.5. The fourth-order valence-electron chi connectivity index (χ4n) is 3.61. The molecule has 31 heavy (non-hydrogen) atoms. The van der Waals surface area contributed by atoms with Gasteiger partial charge in [-0.1, -0.05) is 18.7 Å². The van der Waals surface area contributed by atoms with Crippen LogP contribution < -0.4 is 5.32 Å². The van der Waals surface area contributed by atoms with E-state index in [1.54, 1.807) is 23.8 Å². The van der Waals surface area contributed by atoms with Crippen molar-refractivity contribution in [1.29, 1.82) is 0 Å². The Morgan fingerprint density at radius 1 is 1.42 bits per heavy atom. The van der Waals surface area contributed by atoms with Crippen molar-refractivity contribution >= 4 is 40.0 Å². The molecule has 0 fully saturated rings. The molecule has 3 aromatic heterocycles. The van der Waals surface area contributed by atoms with Gasteiger partial charge in [0.05, 0.1) is 24.2 Å². The number of anilines is 1. The number of thioether (sulfide) groups is 1. The molecule has 8 nitrogen and oxygen atoms in total. The zero-order valence-corrected chi connectivity index (χ0v) is 19.3. The number of thiophene rings is 1. The van der Waals surface area contributed by atoms with Gasteiger partial charge in [-0.05, 0) is 49.8 Å². The van der Waals surface area contributed by atoms with Gasteiger partial charge in [-0.15, -0.1) is 21.5 Å². The highest BCUT2D eigenvalue weighted by Gasteiger charge is 2.29. The summed E-state index contributed by atoms with van der Waals surface area (Å²) in [5.74, 6) is 1.35. The van der Waals surface area contributed by atoms with E-state index in [4.69, 9.17) is 9.15 Å². The third-order valence-corrected chi connectivity index (χ3v) is 7.34.